The third-order valence-corrected chi connectivity index (χ3v) is 8.12. The Hall–Kier alpha value is -4.70. The summed E-state index contributed by atoms with van der Waals surface area (Å²) in [6.07, 6.45) is 4.21. The van der Waals surface area contributed by atoms with Gasteiger partial charge in [-0.2, -0.15) is 0 Å². The minimum atomic E-state index is 0.304. The first-order chi connectivity index (χ1) is 19.9. The van der Waals surface area contributed by atoms with E-state index in [4.69, 9.17) is 9.40 Å². The maximum atomic E-state index is 6.52. The fraction of sp³-hybridized carbons (Fsp3) is 0.189. The standard InChI is InChI=1S/C37H34N3O/c1-23(2)30-20-26(25-12-7-6-8-13-25)21-31(24(3)4)35(30)40-33-18-19-39(5)22-32(33)38-37(40)29-16-11-15-28-27-14-9-10-17-34(27)41-36(28)29/h6-24H,1-5H3/q+1. The number of furan rings is 1. The molecule has 41 heavy (non-hydrogen) atoms. The van der Waals surface area contributed by atoms with Crippen LogP contribution in [0.3, 0.4) is 0 Å². The second kappa shape index (κ2) is 9.74. The summed E-state index contributed by atoms with van der Waals surface area (Å²) in [4.78, 5) is 5.30. The van der Waals surface area contributed by atoms with Crippen molar-refractivity contribution >= 4 is 33.0 Å². The highest BCUT2D eigenvalue weighted by molar-refractivity contribution is 6.09. The van der Waals surface area contributed by atoms with Crippen LogP contribution in [-0.4, -0.2) is 9.55 Å². The zero-order valence-electron chi connectivity index (χ0n) is 24.2. The number of aromatic nitrogens is 3. The zero-order chi connectivity index (χ0) is 28.2. The van der Waals surface area contributed by atoms with Crippen LogP contribution in [0.1, 0.15) is 50.7 Å². The smallest absolute Gasteiger partial charge is 0.196 e. The molecule has 3 aromatic heterocycles. The number of aryl methyl sites for hydroxylation is 1. The van der Waals surface area contributed by atoms with Gasteiger partial charge in [-0.05, 0) is 58.4 Å². The van der Waals surface area contributed by atoms with E-state index in [1.165, 1.54) is 27.9 Å². The lowest BCUT2D eigenvalue weighted by Crippen LogP contribution is -2.26. The quantitative estimate of drug-likeness (QED) is 0.205. The van der Waals surface area contributed by atoms with Crippen LogP contribution < -0.4 is 4.57 Å². The maximum absolute atomic E-state index is 6.52. The second-order valence-corrected chi connectivity index (χ2v) is 11.6. The molecule has 7 aromatic rings. The van der Waals surface area contributed by atoms with Crippen LogP contribution in [0.2, 0.25) is 0 Å². The van der Waals surface area contributed by atoms with Crippen LogP contribution in [-0.2, 0) is 7.05 Å². The molecule has 0 aliphatic rings. The Bertz CT molecular complexity index is 2030. The molecule has 0 amide bonds. The number of nitrogens with zero attached hydrogens (tertiary/aromatic N) is 3. The molecule has 0 saturated carbocycles. The van der Waals surface area contributed by atoms with E-state index in [2.05, 4.69) is 128 Å². The Morgan fingerprint density at radius 2 is 1.41 bits per heavy atom. The number of rotatable bonds is 5. The van der Waals surface area contributed by atoms with Gasteiger partial charge in [0.1, 0.15) is 24.0 Å². The third kappa shape index (κ3) is 4.13. The predicted molar refractivity (Wildman–Crippen MR) is 169 cm³/mol. The number of pyridine rings is 1. The van der Waals surface area contributed by atoms with Crippen LogP contribution in [0.15, 0.2) is 108 Å². The van der Waals surface area contributed by atoms with E-state index in [0.29, 0.717) is 11.8 Å². The van der Waals surface area contributed by atoms with Gasteiger partial charge in [0.2, 0.25) is 0 Å². The van der Waals surface area contributed by atoms with E-state index in [0.717, 1.165) is 44.4 Å². The highest BCUT2D eigenvalue weighted by Crippen LogP contribution is 2.42. The number of hydrogen-bond acceptors (Lipinski definition) is 2. The minimum Gasteiger partial charge on any atom is -0.455 e. The molecule has 4 heteroatoms. The monoisotopic (exact) mass is 536 g/mol. The van der Waals surface area contributed by atoms with Crippen molar-refractivity contribution in [2.45, 2.75) is 39.5 Å². The Morgan fingerprint density at radius 3 is 2.15 bits per heavy atom. The lowest BCUT2D eigenvalue weighted by Gasteiger charge is -2.24. The molecule has 0 radical (unpaired) electrons. The summed E-state index contributed by atoms with van der Waals surface area (Å²) < 4.78 is 11.0. The first-order valence-corrected chi connectivity index (χ1v) is 14.4. The molecular formula is C37H34N3O+. The van der Waals surface area contributed by atoms with Gasteiger partial charge in [-0.25, -0.2) is 9.55 Å². The molecule has 202 valence electrons. The molecule has 0 aliphatic heterocycles. The molecule has 3 heterocycles. The SMILES string of the molecule is CC(C)c1cc(-c2ccccc2)cc(C(C)C)c1-n1c(-c2cccc3c2oc2ccccc23)nc2c[n+](C)ccc21. The van der Waals surface area contributed by atoms with Crippen molar-refractivity contribution in [2.24, 2.45) is 7.05 Å². The van der Waals surface area contributed by atoms with Gasteiger partial charge >= 0.3 is 0 Å². The van der Waals surface area contributed by atoms with Crippen LogP contribution in [0.25, 0.3) is 61.2 Å². The highest BCUT2D eigenvalue weighted by Gasteiger charge is 2.26. The number of hydrogen-bond donors (Lipinski definition) is 0. The summed E-state index contributed by atoms with van der Waals surface area (Å²) >= 11 is 0. The van der Waals surface area contributed by atoms with Crippen molar-refractivity contribution in [2.75, 3.05) is 0 Å². The van der Waals surface area contributed by atoms with E-state index in [-0.39, 0.29) is 0 Å². The van der Waals surface area contributed by atoms with E-state index >= 15 is 0 Å². The predicted octanol–water partition coefficient (Wildman–Crippen LogP) is 9.33. The fourth-order valence-corrected chi connectivity index (χ4v) is 6.08. The summed E-state index contributed by atoms with van der Waals surface area (Å²) in [5.74, 6) is 1.50. The largest absolute Gasteiger partial charge is 0.455 e. The average molecular weight is 537 g/mol. The lowest BCUT2D eigenvalue weighted by atomic mass is 9.88. The van der Waals surface area contributed by atoms with Gasteiger partial charge in [-0.3, -0.25) is 4.57 Å². The van der Waals surface area contributed by atoms with Gasteiger partial charge in [-0.15, -0.1) is 0 Å². The van der Waals surface area contributed by atoms with Crippen molar-refractivity contribution in [3.05, 3.63) is 115 Å². The molecule has 0 N–H and O–H groups in total. The molecule has 4 aromatic carbocycles. The van der Waals surface area contributed by atoms with E-state index in [1.54, 1.807) is 0 Å². The van der Waals surface area contributed by atoms with E-state index in [9.17, 15) is 0 Å². The van der Waals surface area contributed by atoms with Crippen LogP contribution >= 0.6 is 0 Å². The average Bonchev–Trinajstić information content (AvgIpc) is 3.55. The van der Waals surface area contributed by atoms with Gasteiger partial charge in [0.25, 0.3) is 0 Å². The van der Waals surface area contributed by atoms with Crippen molar-refractivity contribution in [3.63, 3.8) is 0 Å². The molecule has 4 nitrogen and oxygen atoms in total. The Labute approximate surface area is 240 Å². The Morgan fingerprint density at radius 1 is 0.732 bits per heavy atom. The summed E-state index contributed by atoms with van der Waals surface area (Å²) in [7, 11) is 2.05. The number of benzene rings is 4. The summed E-state index contributed by atoms with van der Waals surface area (Å²) in [6.45, 7) is 9.15. The van der Waals surface area contributed by atoms with Crippen LogP contribution in [0, 0.1) is 0 Å². The van der Waals surface area contributed by atoms with Crippen molar-refractivity contribution in [1.29, 1.82) is 0 Å². The first-order valence-electron chi connectivity index (χ1n) is 14.4. The van der Waals surface area contributed by atoms with E-state index in [1.807, 2.05) is 19.2 Å². The Kier molecular flexibility index (Phi) is 6.01. The Balaban J connectivity index is 1.61. The van der Waals surface area contributed by atoms with Crippen molar-refractivity contribution < 1.29 is 8.98 Å². The molecule has 7 rings (SSSR count). The van der Waals surface area contributed by atoms with Crippen molar-refractivity contribution in [1.82, 2.24) is 9.55 Å². The van der Waals surface area contributed by atoms with E-state index < -0.39 is 0 Å². The molecule has 0 unspecified atom stereocenters. The normalized spacial score (nSPS) is 12.0. The number of fused-ring (bicyclic) bond motifs is 4. The van der Waals surface area contributed by atoms with Gasteiger partial charge in [0.15, 0.2) is 17.9 Å². The summed E-state index contributed by atoms with van der Waals surface area (Å²) in [6, 6.07) is 32.3. The summed E-state index contributed by atoms with van der Waals surface area (Å²) in [5.41, 5.74) is 11.1. The van der Waals surface area contributed by atoms with Crippen LogP contribution in [0.5, 0.6) is 0 Å². The molecule has 0 atom stereocenters. The highest BCUT2D eigenvalue weighted by atomic mass is 16.3. The minimum absolute atomic E-state index is 0.304. The molecule has 0 saturated heterocycles. The maximum Gasteiger partial charge on any atom is 0.196 e. The molecule has 0 bridgehead atoms. The molecule has 0 aliphatic carbocycles. The van der Waals surface area contributed by atoms with Crippen molar-refractivity contribution in [3.8, 4) is 28.2 Å². The second-order valence-electron chi connectivity index (χ2n) is 11.6. The molecule has 0 spiro atoms. The summed E-state index contributed by atoms with van der Waals surface area (Å²) in [5, 5.41) is 2.23. The molecular weight excluding hydrogens is 502 g/mol. The first kappa shape index (κ1) is 25.3. The van der Waals surface area contributed by atoms with Gasteiger partial charge in [0, 0.05) is 16.8 Å². The number of imidazole rings is 1. The number of para-hydroxylation sites is 2. The van der Waals surface area contributed by atoms with Gasteiger partial charge in [0.05, 0.1) is 16.8 Å². The zero-order valence-corrected chi connectivity index (χ0v) is 24.2. The fourth-order valence-electron chi connectivity index (χ4n) is 6.08. The molecule has 0 fully saturated rings. The van der Waals surface area contributed by atoms with Gasteiger partial charge in [-0.1, -0.05) is 88.4 Å². The topological polar surface area (TPSA) is 34.8 Å². The lowest BCUT2D eigenvalue weighted by molar-refractivity contribution is -0.670. The third-order valence-electron chi connectivity index (χ3n) is 8.12. The van der Waals surface area contributed by atoms with Gasteiger partial charge < -0.3 is 4.42 Å². The van der Waals surface area contributed by atoms with Crippen LogP contribution in [0.4, 0.5) is 0 Å².